The average Bonchev–Trinajstić information content (AvgIpc) is 2.76. The maximum absolute atomic E-state index is 12.3. The summed E-state index contributed by atoms with van der Waals surface area (Å²) in [7, 11) is 0. The summed E-state index contributed by atoms with van der Waals surface area (Å²) in [6.07, 6.45) is 0.902. The topological polar surface area (TPSA) is 30.7 Å². The third kappa shape index (κ3) is 3.05. The standard InChI is InChI=1S/C11H10F3N3/c12-11(13,14)10-4-7-17(16-10)6-3-9-2-1-5-15-8-9/h1-2,4-5,7-8H,3,6H2. The quantitative estimate of drug-likeness (QED) is 0.826. The summed E-state index contributed by atoms with van der Waals surface area (Å²) in [5, 5.41) is 3.47. The summed E-state index contributed by atoms with van der Waals surface area (Å²) in [6.45, 7) is 0.405. The number of aromatic nitrogens is 3. The molecule has 0 aromatic carbocycles. The first-order valence-corrected chi connectivity index (χ1v) is 5.05. The second-order valence-corrected chi connectivity index (χ2v) is 3.57. The molecule has 0 atom stereocenters. The molecule has 0 aliphatic heterocycles. The van der Waals surface area contributed by atoms with Crippen molar-refractivity contribution in [2.75, 3.05) is 0 Å². The lowest BCUT2D eigenvalue weighted by Gasteiger charge is -2.03. The predicted molar refractivity (Wildman–Crippen MR) is 55.2 cm³/mol. The lowest BCUT2D eigenvalue weighted by molar-refractivity contribution is -0.141. The molecule has 0 amide bonds. The van der Waals surface area contributed by atoms with Crippen molar-refractivity contribution < 1.29 is 13.2 Å². The van der Waals surface area contributed by atoms with Gasteiger partial charge in [0.25, 0.3) is 0 Å². The van der Waals surface area contributed by atoms with E-state index < -0.39 is 11.9 Å². The molecule has 90 valence electrons. The van der Waals surface area contributed by atoms with Gasteiger partial charge in [-0.2, -0.15) is 18.3 Å². The molecule has 0 saturated heterocycles. The zero-order valence-electron chi connectivity index (χ0n) is 8.85. The summed E-state index contributed by atoms with van der Waals surface area (Å²) in [6, 6.07) is 4.64. The van der Waals surface area contributed by atoms with Gasteiger partial charge in [0.1, 0.15) is 0 Å². The molecule has 2 heterocycles. The summed E-state index contributed by atoms with van der Waals surface area (Å²) < 4.78 is 38.1. The van der Waals surface area contributed by atoms with Crippen LogP contribution in [0, 0.1) is 0 Å². The highest BCUT2D eigenvalue weighted by molar-refractivity contribution is 5.09. The lowest BCUT2D eigenvalue weighted by Crippen LogP contribution is -2.08. The van der Waals surface area contributed by atoms with Crippen LogP contribution in [0.5, 0.6) is 0 Å². The van der Waals surface area contributed by atoms with Crippen molar-refractivity contribution in [3.8, 4) is 0 Å². The Morgan fingerprint density at radius 3 is 2.65 bits per heavy atom. The van der Waals surface area contributed by atoms with E-state index in [2.05, 4.69) is 10.1 Å². The van der Waals surface area contributed by atoms with Gasteiger partial charge >= 0.3 is 6.18 Å². The Hall–Kier alpha value is -1.85. The van der Waals surface area contributed by atoms with Gasteiger partial charge in [0, 0.05) is 25.1 Å². The Morgan fingerprint density at radius 2 is 2.06 bits per heavy atom. The largest absolute Gasteiger partial charge is 0.435 e. The van der Waals surface area contributed by atoms with Gasteiger partial charge in [-0.25, -0.2) is 0 Å². The molecule has 0 aliphatic rings. The first kappa shape index (κ1) is 11.6. The molecule has 2 rings (SSSR count). The van der Waals surface area contributed by atoms with Crippen LogP contribution in [0.25, 0.3) is 0 Å². The van der Waals surface area contributed by atoms with E-state index in [1.807, 2.05) is 6.07 Å². The van der Waals surface area contributed by atoms with Crippen LogP contribution in [0.4, 0.5) is 13.2 Å². The molecule has 17 heavy (non-hydrogen) atoms. The number of halogens is 3. The Balaban J connectivity index is 1.99. The zero-order valence-corrected chi connectivity index (χ0v) is 8.85. The van der Waals surface area contributed by atoms with Crippen molar-refractivity contribution >= 4 is 0 Å². The fraction of sp³-hybridized carbons (Fsp3) is 0.273. The molecule has 3 nitrogen and oxygen atoms in total. The minimum Gasteiger partial charge on any atom is -0.272 e. The summed E-state index contributed by atoms with van der Waals surface area (Å²) in [5.74, 6) is 0. The number of alkyl halides is 3. The predicted octanol–water partition coefficient (Wildman–Crippen LogP) is 2.54. The molecule has 0 bridgehead atoms. The van der Waals surface area contributed by atoms with E-state index in [0.717, 1.165) is 11.6 Å². The fourth-order valence-electron chi connectivity index (χ4n) is 1.43. The van der Waals surface area contributed by atoms with E-state index in [4.69, 9.17) is 0 Å². The summed E-state index contributed by atoms with van der Waals surface area (Å²) >= 11 is 0. The fourth-order valence-corrected chi connectivity index (χ4v) is 1.43. The molecule has 0 saturated carbocycles. The maximum Gasteiger partial charge on any atom is 0.435 e. The van der Waals surface area contributed by atoms with Crippen LogP contribution in [0.3, 0.4) is 0 Å². The molecule has 0 unspecified atom stereocenters. The van der Waals surface area contributed by atoms with Crippen LogP contribution in [-0.2, 0) is 19.1 Å². The highest BCUT2D eigenvalue weighted by Crippen LogP contribution is 2.27. The maximum atomic E-state index is 12.3. The van der Waals surface area contributed by atoms with Gasteiger partial charge in [-0.3, -0.25) is 9.67 Å². The van der Waals surface area contributed by atoms with E-state index in [1.54, 1.807) is 18.5 Å². The van der Waals surface area contributed by atoms with Crippen LogP contribution < -0.4 is 0 Å². The highest BCUT2D eigenvalue weighted by atomic mass is 19.4. The molecule has 0 radical (unpaired) electrons. The third-order valence-electron chi connectivity index (χ3n) is 2.28. The molecular weight excluding hydrogens is 231 g/mol. The number of hydrogen-bond acceptors (Lipinski definition) is 2. The van der Waals surface area contributed by atoms with E-state index in [9.17, 15) is 13.2 Å². The number of hydrogen-bond donors (Lipinski definition) is 0. The Labute approximate surface area is 95.9 Å². The van der Waals surface area contributed by atoms with Crippen molar-refractivity contribution in [2.45, 2.75) is 19.1 Å². The molecule has 2 aromatic rings. The number of aryl methyl sites for hydroxylation is 2. The Morgan fingerprint density at radius 1 is 1.24 bits per heavy atom. The van der Waals surface area contributed by atoms with Crippen LogP contribution in [0.2, 0.25) is 0 Å². The van der Waals surface area contributed by atoms with Crippen LogP contribution in [0.15, 0.2) is 36.8 Å². The Bertz CT molecular complexity index is 476. The Kier molecular flexibility index (Phi) is 3.12. The molecule has 6 heteroatoms. The summed E-state index contributed by atoms with van der Waals surface area (Å²) in [5.41, 5.74) is 0.111. The summed E-state index contributed by atoms with van der Waals surface area (Å²) in [4.78, 5) is 3.93. The van der Waals surface area contributed by atoms with Crippen molar-refractivity contribution in [3.05, 3.63) is 48.0 Å². The number of pyridine rings is 1. The number of rotatable bonds is 3. The zero-order chi connectivity index (χ0) is 12.3. The van der Waals surface area contributed by atoms with E-state index in [0.29, 0.717) is 13.0 Å². The van der Waals surface area contributed by atoms with Gasteiger partial charge in [-0.1, -0.05) is 6.07 Å². The SMILES string of the molecule is FC(F)(F)c1ccn(CCc2cccnc2)n1. The van der Waals surface area contributed by atoms with E-state index in [-0.39, 0.29) is 0 Å². The van der Waals surface area contributed by atoms with Crippen LogP contribution in [0.1, 0.15) is 11.3 Å². The normalized spacial score (nSPS) is 11.7. The molecule has 0 spiro atoms. The average molecular weight is 241 g/mol. The van der Waals surface area contributed by atoms with Crippen LogP contribution in [-0.4, -0.2) is 14.8 Å². The molecule has 0 fully saturated rings. The van der Waals surface area contributed by atoms with Gasteiger partial charge in [-0.05, 0) is 24.1 Å². The van der Waals surface area contributed by atoms with Crippen LogP contribution >= 0.6 is 0 Å². The monoisotopic (exact) mass is 241 g/mol. The van der Waals surface area contributed by atoms with Gasteiger partial charge in [0.15, 0.2) is 5.69 Å². The van der Waals surface area contributed by atoms with E-state index in [1.165, 1.54) is 10.9 Å². The molecule has 0 N–H and O–H groups in total. The van der Waals surface area contributed by atoms with Crippen molar-refractivity contribution in [1.29, 1.82) is 0 Å². The van der Waals surface area contributed by atoms with Crippen molar-refractivity contribution in [2.24, 2.45) is 0 Å². The first-order chi connectivity index (χ1) is 8.05. The number of nitrogens with zero attached hydrogens (tertiary/aromatic N) is 3. The third-order valence-corrected chi connectivity index (χ3v) is 2.28. The second-order valence-electron chi connectivity index (χ2n) is 3.57. The first-order valence-electron chi connectivity index (χ1n) is 5.05. The van der Waals surface area contributed by atoms with Crippen molar-refractivity contribution in [1.82, 2.24) is 14.8 Å². The van der Waals surface area contributed by atoms with Crippen molar-refractivity contribution in [3.63, 3.8) is 0 Å². The minimum absolute atomic E-state index is 0.405. The minimum atomic E-state index is -4.38. The molecular formula is C11H10F3N3. The van der Waals surface area contributed by atoms with Gasteiger partial charge in [0.2, 0.25) is 0 Å². The van der Waals surface area contributed by atoms with E-state index >= 15 is 0 Å². The second kappa shape index (κ2) is 4.57. The smallest absolute Gasteiger partial charge is 0.272 e. The van der Waals surface area contributed by atoms with Gasteiger partial charge < -0.3 is 0 Å². The van der Waals surface area contributed by atoms with Gasteiger partial charge in [-0.15, -0.1) is 0 Å². The van der Waals surface area contributed by atoms with Gasteiger partial charge in [0.05, 0.1) is 0 Å². The molecule has 2 aromatic heterocycles. The molecule has 0 aliphatic carbocycles. The highest BCUT2D eigenvalue weighted by Gasteiger charge is 2.33. The lowest BCUT2D eigenvalue weighted by atomic mass is 10.2.